The Morgan fingerprint density at radius 2 is 1.72 bits per heavy atom. The van der Waals surface area contributed by atoms with E-state index in [9.17, 15) is 4.79 Å². The summed E-state index contributed by atoms with van der Waals surface area (Å²) >= 11 is 1.33. The van der Waals surface area contributed by atoms with Gasteiger partial charge in [0.25, 0.3) is 5.91 Å². The molecule has 0 aliphatic heterocycles. The predicted octanol–water partition coefficient (Wildman–Crippen LogP) is 3.05. The third-order valence-electron chi connectivity index (χ3n) is 3.63. The van der Waals surface area contributed by atoms with Crippen molar-refractivity contribution in [2.45, 2.75) is 5.16 Å². The number of thioether (sulfide) groups is 1. The Kier molecular flexibility index (Phi) is 5.47. The Morgan fingerprint density at radius 3 is 2.36 bits per heavy atom. The molecule has 3 aromatic rings. The van der Waals surface area contributed by atoms with Gasteiger partial charge in [-0.3, -0.25) is 14.2 Å². The molecule has 0 fully saturated rings. The summed E-state index contributed by atoms with van der Waals surface area (Å²) in [6.45, 7) is 0. The first kappa shape index (κ1) is 17.2. The minimum Gasteiger partial charge on any atom is -0.275 e. The van der Waals surface area contributed by atoms with Gasteiger partial charge in [0.05, 0.1) is 12.9 Å². The van der Waals surface area contributed by atoms with E-state index in [0.29, 0.717) is 5.16 Å². The van der Waals surface area contributed by atoms with Crippen LogP contribution in [0.25, 0.3) is 17.1 Å². The number of amides is 1. The van der Waals surface area contributed by atoms with Crippen molar-refractivity contribution in [2.75, 3.05) is 19.9 Å². The lowest BCUT2D eigenvalue weighted by Gasteiger charge is -2.13. The number of hydrogen-bond donors (Lipinski definition) is 0. The van der Waals surface area contributed by atoms with Crippen LogP contribution in [0.4, 0.5) is 0 Å². The lowest BCUT2D eigenvalue weighted by atomic mass is 10.2. The molecule has 0 aliphatic carbocycles. The van der Waals surface area contributed by atoms with Crippen LogP contribution in [0.1, 0.15) is 0 Å². The van der Waals surface area contributed by atoms with Crippen LogP contribution in [0, 0.1) is 0 Å². The van der Waals surface area contributed by atoms with E-state index in [4.69, 9.17) is 4.84 Å². The number of nitrogens with zero attached hydrogens (tertiary/aromatic N) is 4. The summed E-state index contributed by atoms with van der Waals surface area (Å²) < 4.78 is 1.96. The van der Waals surface area contributed by atoms with E-state index in [2.05, 4.69) is 10.2 Å². The fourth-order valence-corrected chi connectivity index (χ4v) is 3.12. The van der Waals surface area contributed by atoms with Crippen LogP contribution in [0.3, 0.4) is 0 Å². The minimum absolute atomic E-state index is 0.142. The molecule has 1 aromatic heterocycles. The van der Waals surface area contributed by atoms with Crippen LogP contribution in [-0.4, -0.2) is 45.6 Å². The number of rotatable bonds is 6. The van der Waals surface area contributed by atoms with Gasteiger partial charge in [0.15, 0.2) is 11.0 Å². The summed E-state index contributed by atoms with van der Waals surface area (Å²) in [5, 5.41) is 10.5. The quantitative estimate of drug-likeness (QED) is 0.503. The Hall–Kier alpha value is -2.64. The lowest BCUT2D eigenvalue weighted by molar-refractivity contribution is -0.165. The number of hydroxylamine groups is 2. The largest absolute Gasteiger partial charge is 0.275 e. The van der Waals surface area contributed by atoms with Gasteiger partial charge < -0.3 is 0 Å². The van der Waals surface area contributed by atoms with Crippen molar-refractivity contribution in [3.05, 3.63) is 60.7 Å². The van der Waals surface area contributed by atoms with Gasteiger partial charge in [-0.05, 0) is 12.1 Å². The molecule has 0 spiro atoms. The highest BCUT2D eigenvalue weighted by atomic mass is 32.2. The van der Waals surface area contributed by atoms with E-state index in [0.717, 1.165) is 17.1 Å². The van der Waals surface area contributed by atoms with Crippen LogP contribution in [-0.2, 0) is 9.63 Å². The van der Waals surface area contributed by atoms with Gasteiger partial charge in [0.1, 0.15) is 0 Å². The van der Waals surface area contributed by atoms with Gasteiger partial charge in [-0.15, -0.1) is 10.2 Å². The second-order valence-corrected chi connectivity index (χ2v) is 6.15. The smallest absolute Gasteiger partial charge is 0.256 e. The molecule has 25 heavy (non-hydrogen) atoms. The normalized spacial score (nSPS) is 10.6. The zero-order chi connectivity index (χ0) is 17.6. The van der Waals surface area contributed by atoms with Crippen molar-refractivity contribution < 1.29 is 9.63 Å². The maximum absolute atomic E-state index is 12.0. The number of para-hydroxylation sites is 1. The maximum Gasteiger partial charge on any atom is 0.256 e. The van der Waals surface area contributed by atoms with Crippen molar-refractivity contribution in [2.24, 2.45) is 0 Å². The molecule has 1 amide bonds. The highest BCUT2D eigenvalue weighted by molar-refractivity contribution is 7.99. The van der Waals surface area contributed by atoms with Gasteiger partial charge in [0.2, 0.25) is 0 Å². The lowest BCUT2D eigenvalue weighted by Crippen LogP contribution is -2.27. The molecule has 0 unspecified atom stereocenters. The fraction of sp³-hybridized carbons (Fsp3) is 0.167. The Balaban J connectivity index is 1.96. The standard InChI is InChI=1S/C18H18N4O2S/c1-21(24-2)16(23)13-25-18-20-19-17(14-9-5-3-6-10-14)22(18)15-11-7-4-8-12-15/h3-12H,13H2,1-2H3. The summed E-state index contributed by atoms with van der Waals surface area (Å²) in [7, 11) is 3.04. The summed E-state index contributed by atoms with van der Waals surface area (Å²) in [4.78, 5) is 16.9. The van der Waals surface area contributed by atoms with Crippen LogP contribution in [0.15, 0.2) is 65.8 Å². The molecule has 7 heteroatoms. The first-order chi connectivity index (χ1) is 12.2. The van der Waals surface area contributed by atoms with Crippen LogP contribution < -0.4 is 0 Å². The first-order valence-corrected chi connectivity index (χ1v) is 8.69. The predicted molar refractivity (Wildman–Crippen MR) is 97.3 cm³/mol. The van der Waals surface area contributed by atoms with E-state index < -0.39 is 0 Å². The summed E-state index contributed by atoms with van der Waals surface area (Å²) in [5.41, 5.74) is 1.91. The Labute approximate surface area is 150 Å². The molecule has 0 atom stereocenters. The second-order valence-electron chi connectivity index (χ2n) is 5.21. The Bertz CT molecular complexity index is 837. The van der Waals surface area contributed by atoms with Crippen molar-refractivity contribution >= 4 is 17.7 Å². The summed E-state index contributed by atoms with van der Waals surface area (Å²) in [5.74, 6) is 0.808. The zero-order valence-corrected chi connectivity index (χ0v) is 14.8. The van der Waals surface area contributed by atoms with E-state index in [1.807, 2.05) is 65.2 Å². The maximum atomic E-state index is 12.0. The third kappa shape index (κ3) is 3.89. The molecule has 6 nitrogen and oxygen atoms in total. The highest BCUT2D eigenvalue weighted by Crippen LogP contribution is 2.27. The molecule has 0 bridgehead atoms. The van der Waals surface area contributed by atoms with E-state index >= 15 is 0 Å². The fourth-order valence-electron chi connectivity index (χ4n) is 2.27. The molecule has 2 aromatic carbocycles. The molecule has 0 radical (unpaired) electrons. The molecule has 0 aliphatic rings. The van der Waals surface area contributed by atoms with Crippen molar-refractivity contribution in [3.8, 4) is 17.1 Å². The van der Waals surface area contributed by atoms with Crippen LogP contribution in [0.5, 0.6) is 0 Å². The monoisotopic (exact) mass is 354 g/mol. The van der Waals surface area contributed by atoms with Gasteiger partial charge in [-0.1, -0.05) is 60.3 Å². The molecule has 1 heterocycles. The number of hydrogen-bond acceptors (Lipinski definition) is 5. The van der Waals surface area contributed by atoms with Crippen molar-refractivity contribution in [3.63, 3.8) is 0 Å². The number of carbonyl (C=O) groups excluding carboxylic acids is 1. The Morgan fingerprint density at radius 1 is 1.08 bits per heavy atom. The van der Waals surface area contributed by atoms with Crippen molar-refractivity contribution in [1.82, 2.24) is 19.8 Å². The average molecular weight is 354 g/mol. The van der Waals surface area contributed by atoms with Gasteiger partial charge in [0, 0.05) is 18.3 Å². The SMILES string of the molecule is CON(C)C(=O)CSc1nnc(-c2ccccc2)n1-c1ccccc1. The summed E-state index contributed by atoms with van der Waals surface area (Å²) in [6.07, 6.45) is 0. The number of benzene rings is 2. The molecular weight excluding hydrogens is 336 g/mol. The van der Waals surface area contributed by atoms with Gasteiger partial charge >= 0.3 is 0 Å². The molecule has 0 saturated heterocycles. The van der Waals surface area contributed by atoms with Crippen LogP contribution in [0.2, 0.25) is 0 Å². The second kappa shape index (κ2) is 7.96. The minimum atomic E-state index is -0.142. The van der Waals surface area contributed by atoms with Gasteiger partial charge in [-0.25, -0.2) is 5.06 Å². The highest BCUT2D eigenvalue weighted by Gasteiger charge is 2.18. The molecule has 0 saturated carbocycles. The van der Waals surface area contributed by atoms with Crippen LogP contribution >= 0.6 is 11.8 Å². The molecular formula is C18H18N4O2S. The molecule has 3 rings (SSSR count). The van der Waals surface area contributed by atoms with Crippen molar-refractivity contribution in [1.29, 1.82) is 0 Å². The van der Waals surface area contributed by atoms with Gasteiger partial charge in [-0.2, -0.15) is 0 Å². The number of aromatic nitrogens is 3. The molecule has 0 N–H and O–H groups in total. The van der Waals surface area contributed by atoms with E-state index in [-0.39, 0.29) is 11.7 Å². The summed E-state index contributed by atoms with van der Waals surface area (Å²) in [6, 6.07) is 19.7. The van der Waals surface area contributed by atoms with E-state index in [1.165, 1.54) is 23.9 Å². The topological polar surface area (TPSA) is 60.2 Å². The first-order valence-electron chi connectivity index (χ1n) is 7.70. The number of carbonyl (C=O) groups is 1. The van der Waals surface area contributed by atoms with E-state index in [1.54, 1.807) is 7.05 Å². The third-order valence-corrected chi connectivity index (χ3v) is 4.54. The molecule has 128 valence electrons. The average Bonchev–Trinajstić information content (AvgIpc) is 3.10. The zero-order valence-electron chi connectivity index (χ0n) is 14.0.